The van der Waals surface area contributed by atoms with Crippen LogP contribution in [-0.4, -0.2) is 10.1 Å². The predicted molar refractivity (Wildman–Crippen MR) is 87.2 cm³/mol. The van der Waals surface area contributed by atoms with E-state index in [0.29, 0.717) is 24.2 Å². The molecule has 1 heterocycles. The molecule has 0 amide bonds. The first-order chi connectivity index (χ1) is 9.40. The van der Waals surface area contributed by atoms with Gasteiger partial charge in [-0.1, -0.05) is 57.1 Å². The molecular formula is C16H24ClN3O. The van der Waals surface area contributed by atoms with Gasteiger partial charge in [-0.2, -0.15) is 4.98 Å². The fourth-order valence-corrected chi connectivity index (χ4v) is 1.81. The van der Waals surface area contributed by atoms with Gasteiger partial charge >= 0.3 is 0 Å². The van der Waals surface area contributed by atoms with Gasteiger partial charge in [-0.05, 0) is 16.9 Å². The van der Waals surface area contributed by atoms with Crippen molar-refractivity contribution in [3.05, 3.63) is 35.7 Å². The fraction of sp³-hybridized carbons (Fsp3) is 0.500. The molecule has 0 bridgehead atoms. The molecule has 1 atom stereocenters. The first-order valence-electron chi connectivity index (χ1n) is 7.02. The molecule has 0 aliphatic carbocycles. The highest BCUT2D eigenvalue weighted by molar-refractivity contribution is 5.85. The SMILES string of the molecule is CC(Cc1nc(-c2ccc(CN)cc2)no1)C(C)(C)C.Cl. The fourth-order valence-electron chi connectivity index (χ4n) is 1.81. The zero-order valence-corrected chi connectivity index (χ0v) is 13.9. The lowest BCUT2D eigenvalue weighted by Gasteiger charge is -2.25. The van der Waals surface area contributed by atoms with Crippen molar-refractivity contribution in [2.45, 2.75) is 40.7 Å². The second kappa shape index (κ2) is 7.05. The monoisotopic (exact) mass is 309 g/mol. The molecule has 0 spiro atoms. The van der Waals surface area contributed by atoms with Gasteiger partial charge < -0.3 is 10.3 Å². The van der Waals surface area contributed by atoms with E-state index >= 15 is 0 Å². The number of hydrogen-bond donors (Lipinski definition) is 1. The summed E-state index contributed by atoms with van der Waals surface area (Å²) in [5.74, 6) is 1.82. The van der Waals surface area contributed by atoms with Crippen LogP contribution < -0.4 is 5.73 Å². The van der Waals surface area contributed by atoms with E-state index in [-0.39, 0.29) is 17.8 Å². The third-order valence-electron chi connectivity index (χ3n) is 3.88. The van der Waals surface area contributed by atoms with Gasteiger partial charge in [0.25, 0.3) is 0 Å². The first kappa shape index (κ1) is 17.7. The quantitative estimate of drug-likeness (QED) is 0.932. The molecule has 0 aliphatic rings. The lowest BCUT2D eigenvalue weighted by molar-refractivity contribution is 0.236. The van der Waals surface area contributed by atoms with Crippen LogP contribution in [0.5, 0.6) is 0 Å². The summed E-state index contributed by atoms with van der Waals surface area (Å²) in [4.78, 5) is 4.48. The minimum absolute atomic E-state index is 0. The molecule has 2 N–H and O–H groups in total. The molecule has 5 heteroatoms. The molecule has 1 unspecified atom stereocenters. The van der Waals surface area contributed by atoms with Crippen molar-refractivity contribution in [3.63, 3.8) is 0 Å². The minimum Gasteiger partial charge on any atom is -0.339 e. The Bertz CT molecular complexity index is 558. The molecule has 0 saturated heterocycles. The Morgan fingerprint density at radius 1 is 1.19 bits per heavy atom. The van der Waals surface area contributed by atoms with Crippen LogP contribution in [0.1, 0.15) is 39.1 Å². The Kier molecular flexibility index (Phi) is 5.93. The van der Waals surface area contributed by atoms with Crippen LogP contribution in [-0.2, 0) is 13.0 Å². The van der Waals surface area contributed by atoms with E-state index in [0.717, 1.165) is 17.5 Å². The van der Waals surface area contributed by atoms with E-state index in [1.165, 1.54) is 0 Å². The highest BCUT2D eigenvalue weighted by Crippen LogP contribution is 2.28. The number of halogens is 1. The summed E-state index contributed by atoms with van der Waals surface area (Å²) in [5.41, 5.74) is 7.88. The Hall–Kier alpha value is -1.39. The van der Waals surface area contributed by atoms with Crippen molar-refractivity contribution in [1.29, 1.82) is 0 Å². The second-order valence-electron chi connectivity index (χ2n) is 6.38. The average Bonchev–Trinajstić information content (AvgIpc) is 2.86. The smallest absolute Gasteiger partial charge is 0.227 e. The van der Waals surface area contributed by atoms with Crippen molar-refractivity contribution in [2.75, 3.05) is 0 Å². The van der Waals surface area contributed by atoms with Crippen LogP contribution in [0.4, 0.5) is 0 Å². The summed E-state index contributed by atoms with van der Waals surface area (Å²) < 4.78 is 5.36. The summed E-state index contributed by atoms with van der Waals surface area (Å²) in [7, 11) is 0. The number of nitrogens with zero attached hydrogens (tertiary/aromatic N) is 2. The van der Waals surface area contributed by atoms with Gasteiger partial charge in [0, 0.05) is 18.5 Å². The maximum Gasteiger partial charge on any atom is 0.227 e. The minimum atomic E-state index is 0. The molecule has 0 aliphatic heterocycles. The highest BCUT2D eigenvalue weighted by atomic mass is 35.5. The molecule has 116 valence electrons. The van der Waals surface area contributed by atoms with Crippen LogP contribution in [0.2, 0.25) is 0 Å². The molecule has 1 aromatic heterocycles. The number of hydrogen-bond acceptors (Lipinski definition) is 4. The molecule has 0 fully saturated rings. The topological polar surface area (TPSA) is 64.9 Å². The van der Waals surface area contributed by atoms with E-state index in [1.54, 1.807) is 0 Å². The Morgan fingerprint density at radius 3 is 2.33 bits per heavy atom. The standard InChI is InChI=1S/C16H23N3O.ClH/c1-11(16(2,3)4)9-14-18-15(19-20-14)13-7-5-12(10-17)6-8-13;/h5-8,11H,9-10,17H2,1-4H3;1H. The number of rotatable bonds is 4. The van der Waals surface area contributed by atoms with E-state index in [1.807, 2.05) is 24.3 Å². The lowest BCUT2D eigenvalue weighted by Crippen LogP contribution is -2.19. The van der Waals surface area contributed by atoms with Crippen molar-refractivity contribution in [1.82, 2.24) is 10.1 Å². The van der Waals surface area contributed by atoms with Crippen LogP contribution >= 0.6 is 12.4 Å². The average molecular weight is 310 g/mol. The van der Waals surface area contributed by atoms with Crippen molar-refractivity contribution < 1.29 is 4.52 Å². The molecule has 0 saturated carbocycles. The largest absolute Gasteiger partial charge is 0.339 e. The highest BCUT2D eigenvalue weighted by Gasteiger charge is 2.22. The van der Waals surface area contributed by atoms with Gasteiger partial charge in [-0.3, -0.25) is 0 Å². The molecule has 1 aromatic carbocycles. The van der Waals surface area contributed by atoms with Crippen LogP contribution in [0.25, 0.3) is 11.4 Å². The van der Waals surface area contributed by atoms with Crippen LogP contribution in [0, 0.1) is 11.3 Å². The van der Waals surface area contributed by atoms with Crippen LogP contribution in [0.3, 0.4) is 0 Å². The van der Waals surface area contributed by atoms with Crippen molar-refractivity contribution in [2.24, 2.45) is 17.1 Å². The third kappa shape index (κ3) is 4.55. The Balaban J connectivity index is 0.00000220. The number of aromatic nitrogens is 2. The summed E-state index contributed by atoms with van der Waals surface area (Å²) >= 11 is 0. The van der Waals surface area contributed by atoms with E-state index < -0.39 is 0 Å². The zero-order chi connectivity index (χ0) is 14.8. The van der Waals surface area contributed by atoms with Gasteiger partial charge in [-0.15, -0.1) is 12.4 Å². The van der Waals surface area contributed by atoms with E-state index in [4.69, 9.17) is 10.3 Å². The normalized spacial score (nSPS) is 12.8. The van der Waals surface area contributed by atoms with Gasteiger partial charge in [0.2, 0.25) is 11.7 Å². The van der Waals surface area contributed by atoms with Gasteiger partial charge in [0.05, 0.1) is 0 Å². The maximum absolute atomic E-state index is 5.59. The molecule has 21 heavy (non-hydrogen) atoms. The molecule has 0 radical (unpaired) electrons. The zero-order valence-electron chi connectivity index (χ0n) is 13.1. The van der Waals surface area contributed by atoms with Gasteiger partial charge in [0.1, 0.15) is 0 Å². The maximum atomic E-state index is 5.59. The first-order valence-corrected chi connectivity index (χ1v) is 7.02. The Labute approximate surface area is 132 Å². The van der Waals surface area contributed by atoms with Crippen molar-refractivity contribution >= 4 is 12.4 Å². The summed E-state index contributed by atoms with van der Waals surface area (Å²) in [6.45, 7) is 9.42. The molecule has 2 aromatic rings. The van der Waals surface area contributed by atoms with Gasteiger partial charge in [0.15, 0.2) is 0 Å². The Morgan fingerprint density at radius 2 is 1.81 bits per heavy atom. The summed E-state index contributed by atoms with van der Waals surface area (Å²) in [5, 5.41) is 4.06. The number of benzene rings is 1. The molecule has 2 rings (SSSR count). The summed E-state index contributed by atoms with van der Waals surface area (Å²) in [6, 6.07) is 7.93. The summed E-state index contributed by atoms with van der Waals surface area (Å²) in [6.07, 6.45) is 0.803. The second-order valence-corrected chi connectivity index (χ2v) is 6.38. The number of nitrogens with two attached hydrogens (primary N) is 1. The van der Waals surface area contributed by atoms with Crippen molar-refractivity contribution in [3.8, 4) is 11.4 Å². The van der Waals surface area contributed by atoms with E-state index in [9.17, 15) is 0 Å². The molecule has 4 nitrogen and oxygen atoms in total. The van der Waals surface area contributed by atoms with Crippen LogP contribution in [0.15, 0.2) is 28.8 Å². The predicted octanol–water partition coefficient (Wildman–Crippen LogP) is 3.84. The molecular weight excluding hydrogens is 286 g/mol. The van der Waals surface area contributed by atoms with Gasteiger partial charge in [-0.25, -0.2) is 0 Å². The van der Waals surface area contributed by atoms with E-state index in [2.05, 4.69) is 37.8 Å². The lowest BCUT2D eigenvalue weighted by atomic mass is 9.80. The third-order valence-corrected chi connectivity index (χ3v) is 3.88.